The number of hydrogen-bond donors (Lipinski definition) is 2. The maximum atomic E-state index is 11.2. The molecular weight excluding hydrogens is 210 g/mol. The number of unbranched alkanes of at least 4 members (excludes halogenated alkanes) is 1. The van der Waals surface area contributed by atoms with Crippen LogP contribution in [0.25, 0.3) is 0 Å². The fourth-order valence-electron chi connectivity index (χ4n) is 1.07. The van der Waals surface area contributed by atoms with E-state index < -0.39 is 0 Å². The van der Waals surface area contributed by atoms with E-state index in [9.17, 15) is 4.79 Å². The summed E-state index contributed by atoms with van der Waals surface area (Å²) in [5.74, 6) is 0.0852. The van der Waals surface area contributed by atoms with E-state index in [-0.39, 0.29) is 12.5 Å². The fraction of sp³-hybridized carbons (Fsp3) is 0.909. The summed E-state index contributed by atoms with van der Waals surface area (Å²) in [6.45, 7) is 4.45. The van der Waals surface area contributed by atoms with Crippen molar-refractivity contribution in [3.8, 4) is 0 Å². The summed E-state index contributed by atoms with van der Waals surface area (Å²) in [6, 6.07) is 0. The van der Waals surface area contributed by atoms with Gasteiger partial charge in [0, 0.05) is 13.0 Å². The Morgan fingerprint density at radius 3 is 2.50 bits per heavy atom. The highest BCUT2D eigenvalue weighted by Gasteiger charge is 1.98. The minimum atomic E-state index is 0.0352. The van der Waals surface area contributed by atoms with Crippen LogP contribution >= 0.6 is 0 Å². The summed E-state index contributed by atoms with van der Waals surface area (Å²) >= 11 is 0. The molecule has 0 saturated heterocycles. The molecule has 0 spiro atoms. The van der Waals surface area contributed by atoms with Crippen LogP contribution in [0.1, 0.15) is 26.2 Å². The Morgan fingerprint density at radius 2 is 1.88 bits per heavy atom. The van der Waals surface area contributed by atoms with E-state index in [1.54, 1.807) is 0 Å². The number of nitrogens with one attached hydrogen (secondary N) is 1. The van der Waals surface area contributed by atoms with E-state index >= 15 is 0 Å². The molecule has 1 amide bonds. The molecule has 2 N–H and O–H groups in total. The number of ether oxygens (including phenoxy) is 2. The van der Waals surface area contributed by atoms with Crippen molar-refractivity contribution < 1.29 is 19.4 Å². The fourth-order valence-corrected chi connectivity index (χ4v) is 1.07. The molecule has 96 valence electrons. The highest BCUT2D eigenvalue weighted by atomic mass is 16.5. The van der Waals surface area contributed by atoms with Gasteiger partial charge in [0.1, 0.15) is 0 Å². The van der Waals surface area contributed by atoms with Crippen LogP contribution in [0.5, 0.6) is 0 Å². The van der Waals surface area contributed by atoms with E-state index in [1.807, 2.05) is 0 Å². The zero-order chi connectivity index (χ0) is 12.1. The van der Waals surface area contributed by atoms with Gasteiger partial charge in [0.15, 0.2) is 0 Å². The zero-order valence-corrected chi connectivity index (χ0v) is 10.0. The van der Waals surface area contributed by atoms with E-state index in [0.717, 1.165) is 12.8 Å². The van der Waals surface area contributed by atoms with Crippen molar-refractivity contribution in [3.05, 3.63) is 0 Å². The number of aliphatic hydroxyl groups is 1. The van der Waals surface area contributed by atoms with Crippen molar-refractivity contribution >= 4 is 5.91 Å². The molecular formula is C11H23NO4. The average molecular weight is 233 g/mol. The molecule has 0 aliphatic heterocycles. The van der Waals surface area contributed by atoms with E-state index in [0.29, 0.717) is 39.4 Å². The number of aliphatic hydroxyl groups excluding tert-OH is 1. The van der Waals surface area contributed by atoms with Gasteiger partial charge < -0.3 is 19.9 Å². The largest absolute Gasteiger partial charge is 0.394 e. The van der Waals surface area contributed by atoms with Crippen LogP contribution < -0.4 is 5.32 Å². The van der Waals surface area contributed by atoms with Gasteiger partial charge in [-0.2, -0.15) is 0 Å². The van der Waals surface area contributed by atoms with Gasteiger partial charge in [-0.1, -0.05) is 13.3 Å². The zero-order valence-electron chi connectivity index (χ0n) is 10.0. The van der Waals surface area contributed by atoms with Gasteiger partial charge in [-0.25, -0.2) is 0 Å². The van der Waals surface area contributed by atoms with Gasteiger partial charge in [0.2, 0.25) is 5.91 Å². The maximum Gasteiger partial charge on any atom is 0.220 e. The lowest BCUT2D eigenvalue weighted by atomic mass is 10.2. The van der Waals surface area contributed by atoms with Crippen molar-refractivity contribution in [2.24, 2.45) is 0 Å². The third kappa shape index (κ3) is 11.4. The molecule has 0 radical (unpaired) electrons. The van der Waals surface area contributed by atoms with Crippen molar-refractivity contribution in [2.75, 3.05) is 39.6 Å². The van der Waals surface area contributed by atoms with Crippen LogP contribution in [0.2, 0.25) is 0 Å². The van der Waals surface area contributed by atoms with Crippen molar-refractivity contribution in [1.82, 2.24) is 5.32 Å². The van der Waals surface area contributed by atoms with Gasteiger partial charge in [-0.15, -0.1) is 0 Å². The Labute approximate surface area is 97.1 Å². The summed E-state index contributed by atoms with van der Waals surface area (Å²) in [6.07, 6.45) is 2.56. The first-order chi connectivity index (χ1) is 7.81. The number of amides is 1. The minimum absolute atomic E-state index is 0.0352. The first-order valence-corrected chi connectivity index (χ1v) is 5.84. The minimum Gasteiger partial charge on any atom is -0.394 e. The smallest absolute Gasteiger partial charge is 0.220 e. The predicted octanol–water partition coefficient (Wildman–Crippen LogP) is 0.318. The van der Waals surface area contributed by atoms with Gasteiger partial charge in [-0.05, 0) is 6.42 Å². The van der Waals surface area contributed by atoms with Crippen molar-refractivity contribution in [3.63, 3.8) is 0 Å². The van der Waals surface area contributed by atoms with Crippen molar-refractivity contribution in [1.29, 1.82) is 0 Å². The first-order valence-electron chi connectivity index (χ1n) is 5.84. The van der Waals surface area contributed by atoms with Crippen LogP contribution in [-0.2, 0) is 14.3 Å². The summed E-state index contributed by atoms with van der Waals surface area (Å²) in [5, 5.41) is 11.2. The molecule has 5 heteroatoms. The van der Waals surface area contributed by atoms with Gasteiger partial charge in [-0.3, -0.25) is 4.79 Å². The molecule has 0 aliphatic carbocycles. The lowest BCUT2D eigenvalue weighted by Gasteiger charge is -2.06. The maximum absolute atomic E-state index is 11.2. The lowest BCUT2D eigenvalue weighted by molar-refractivity contribution is -0.121. The third-order valence-electron chi connectivity index (χ3n) is 1.93. The van der Waals surface area contributed by atoms with Crippen LogP contribution in [-0.4, -0.2) is 50.6 Å². The van der Waals surface area contributed by atoms with Crippen LogP contribution in [0.3, 0.4) is 0 Å². The molecule has 16 heavy (non-hydrogen) atoms. The molecule has 5 nitrogen and oxygen atoms in total. The number of carbonyl (C=O) groups is 1. The summed E-state index contributed by atoms with van der Waals surface area (Å²) in [7, 11) is 0. The molecule has 0 atom stereocenters. The van der Waals surface area contributed by atoms with Gasteiger partial charge >= 0.3 is 0 Å². The molecule has 0 aromatic rings. The second-order valence-electron chi connectivity index (χ2n) is 3.40. The summed E-state index contributed by atoms with van der Waals surface area (Å²) < 4.78 is 10.2. The molecule has 0 aliphatic rings. The Hall–Kier alpha value is -0.650. The van der Waals surface area contributed by atoms with Gasteiger partial charge in [0.25, 0.3) is 0 Å². The molecule has 0 aromatic heterocycles. The molecule has 0 fully saturated rings. The SMILES string of the molecule is CCCCC(=O)NCCOCCOCCO. The highest BCUT2D eigenvalue weighted by Crippen LogP contribution is 1.92. The van der Waals surface area contributed by atoms with Gasteiger partial charge in [0.05, 0.1) is 33.0 Å². The number of hydrogen-bond acceptors (Lipinski definition) is 4. The van der Waals surface area contributed by atoms with Crippen molar-refractivity contribution in [2.45, 2.75) is 26.2 Å². The normalized spacial score (nSPS) is 10.4. The summed E-state index contributed by atoms with van der Waals surface area (Å²) in [5.41, 5.74) is 0. The third-order valence-corrected chi connectivity index (χ3v) is 1.93. The van der Waals surface area contributed by atoms with Crippen LogP contribution in [0.4, 0.5) is 0 Å². The lowest BCUT2D eigenvalue weighted by Crippen LogP contribution is -2.27. The molecule has 0 aromatic carbocycles. The second kappa shape index (κ2) is 12.4. The first kappa shape index (κ1) is 15.3. The molecule has 0 saturated carbocycles. The van der Waals surface area contributed by atoms with E-state index in [1.165, 1.54) is 0 Å². The number of carbonyl (C=O) groups excluding carboxylic acids is 1. The molecule has 0 unspecified atom stereocenters. The Balaban J connectivity index is 3.05. The molecule has 0 rings (SSSR count). The Bertz CT molecular complexity index is 164. The quantitative estimate of drug-likeness (QED) is 0.504. The molecule has 0 heterocycles. The average Bonchev–Trinajstić information content (AvgIpc) is 2.30. The standard InChI is InChI=1S/C11H23NO4/c1-2-3-4-11(14)12-5-7-15-9-10-16-8-6-13/h13H,2-10H2,1H3,(H,12,14). The monoisotopic (exact) mass is 233 g/mol. The number of rotatable bonds is 11. The van der Waals surface area contributed by atoms with E-state index in [2.05, 4.69) is 12.2 Å². The Kier molecular flexibility index (Phi) is 11.9. The van der Waals surface area contributed by atoms with E-state index in [4.69, 9.17) is 14.6 Å². The topological polar surface area (TPSA) is 67.8 Å². The second-order valence-corrected chi connectivity index (χ2v) is 3.40. The highest BCUT2D eigenvalue weighted by molar-refractivity contribution is 5.75. The molecule has 0 bridgehead atoms. The Morgan fingerprint density at radius 1 is 1.19 bits per heavy atom. The predicted molar refractivity (Wildman–Crippen MR) is 61.3 cm³/mol. The van der Waals surface area contributed by atoms with Crippen LogP contribution in [0.15, 0.2) is 0 Å². The van der Waals surface area contributed by atoms with Crippen LogP contribution in [0, 0.1) is 0 Å². The summed E-state index contributed by atoms with van der Waals surface area (Å²) in [4.78, 5) is 11.2.